The molecule has 5 nitrogen and oxygen atoms in total. The fourth-order valence-corrected chi connectivity index (χ4v) is 2.81. The molecule has 0 unspecified atom stereocenters. The molecule has 5 heteroatoms. The van der Waals surface area contributed by atoms with Crippen LogP contribution in [0.15, 0.2) is 66.7 Å². The molecule has 0 fully saturated rings. The van der Waals surface area contributed by atoms with E-state index in [1.807, 2.05) is 73.6 Å². The number of carbonyl (C=O) groups is 1. The van der Waals surface area contributed by atoms with E-state index in [1.54, 1.807) is 12.1 Å². The molecule has 4 rings (SSSR count). The number of hydrogen-bond acceptors (Lipinski definition) is 4. The zero-order valence-electron chi connectivity index (χ0n) is 14.6. The third-order valence-electron chi connectivity index (χ3n) is 4.24. The molecule has 1 heterocycles. The standard InChI is InChI=1S/C21H18N4O/c1-25(2)16-10-8-15(9-11-16)22-21(26)14-7-12-19-20(13-14)24-18-6-4-3-5-17(18)23-19/h3-13H,1-2H3,(H,22,26). The quantitative estimate of drug-likeness (QED) is 0.570. The minimum absolute atomic E-state index is 0.167. The van der Waals surface area contributed by atoms with Gasteiger partial charge < -0.3 is 10.2 Å². The van der Waals surface area contributed by atoms with Gasteiger partial charge >= 0.3 is 0 Å². The van der Waals surface area contributed by atoms with Crippen LogP contribution >= 0.6 is 0 Å². The van der Waals surface area contributed by atoms with Gasteiger partial charge in [-0.3, -0.25) is 4.79 Å². The third-order valence-corrected chi connectivity index (χ3v) is 4.24. The van der Waals surface area contributed by atoms with Crippen molar-refractivity contribution in [2.45, 2.75) is 0 Å². The van der Waals surface area contributed by atoms with Crippen LogP contribution in [0.3, 0.4) is 0 Å². The number of amides is 1. The summed E-state index contributed by atoms with van der Waals surface area (Å²) in [6.45, 7) is 0. The van der Waals surface area contributed by atoms with Crippen LogP contribution in [0, 0.1) is 0 Å². The van der Waals surface area contributed by atoms with E-state index in [-0.39, 0.29) is 5.91 Å². The van der Waals surface area contributed by atoms with Crippen molar-refractivity contribution in [3.63, 3.8) is 0 Å². The largest absolute Gasteiger partial charge is 0.378 e. The van der Waals surface area contributed by atoms with E-state index >= 15 is 0 Å². The summed E-state index contributed by atoms with van der Waals surface area (Å²) in [4.78, 5) is 23.8. The number of anilines is 2. The van der Waals surface area contributed by atoms with Crippen molar-refractivity contribution in [3.05, 3.63) is 72.3 Å². The number of fused-ring (bicyclic) bond motifs is 2. The molecule has 3 aromatic carbocycles. The maximum absolute atomic E-state index is 12.6. The molecule has 1 N–H and O–H groups in total. The molecule has 0 bridgehead atoms. The van der Waals surface area contributed by atoms with Gasteiger partial charge in [-0.25, -0.2) is 9.97 Å². The molecule has 4 aromatic rings. The highest BCUT2D eigenvalue weighted by atomic mass is 16.1. The normalized spacial score (nSPS) is 10.8. The summed E-state index contributed by atoms with van der Waals surface area (Å²) in [7, 11) is 3.96. The number of hydrogen-bond donors (Lipinski definition) is 1. The van der Waals surface area contributed by atoms with Crippen molar-refractivity contribution in [2.75, 3.05) is 24.3 Å². The van der Waals surface area contributed by atoms with Crippen molar-refractivity contribution in [2.24, 2.45) is 0 Å². The molecule has 0 saturated heterocycles. The molecule has 128 valence electrons. The molecule has 0 radical (unpaired) electrons. The Morgan fingerprint density at radius 1 is 0.808 bits per heavy atom. The first-order valence-electron chi connectivity index (χ1n) is 8.35. The Bertz CT molecular complexity index is 1100. The summed E-state index contributed by atoms with van der Waals surface area (Å²) in [5, 5.41) is 2.92. The van der Waals surface area contributed by atoms with Gasteiger partial charge in [-0.05, 0) is 54.6 Å². The summed E-state index contributed by atoms with van der Waals surface area (Å²) in [5.74, 6) is -0.167. The Labute approximate surface area is 151 Å². The second kappa shape index (κ2) is 6.44. The highest BCUT2D eigenvalue weighted by Crippen LogP contribution is 2.19. The van der Waals surface area contributed by atoms with Crippen LogP contribution in [-0.4, -0.2) is 30.0 Å². The number of para-hydroxylation sites is 2. The van der Waals surface area contributed by atoms with Gasteiger partial charge in [0.15, 0.2) is 0 Å². The van der Waals surface area contributed by atoms with E-state index in [2.05, 4.69) is 15.3 Å². The van der Waals surface area contributed by atoms with Gasteiger partial charge in [-0.15, -0.1) is 0 Å². The highest BCUT2D eigenvalue weighted by molar-refractivity contribution is 6.06. The average Bonchev–Trinajstić information content (AvgIpc) is 2.66. The van der Waals surface area contributed by atoms with Crippen molar-refractivity contribution >= 4 is 39.3 Å². The van der Waals surface area contributed by atoms with Crippen LogP contribution in [0.4, 0.5) is 11.4 Å². The molecule has 0 aliphatic rings. The molecule has 0 aliphatic heterocycles. The monoisotopic (exact) mass is 342 g/mol. The molecular weight excluding hydrogens is 324 g/mol. The summed E-state index contributed by atoms with van der Waals surface area (Å²) < 4.78 is 0. The van der Waals surface area contributed by atoms with E-state index in [1.165, 1.54) is 0 Å². The van der Waals surface area contributed by atoms with Crippen LogP contribution in [0.1, 0.15) is 10.4 Å². The van der Waals surface area contributed by atoms with Crippen LogP contribution in [0.2, 0.25) is 0 Å². The first kappa shape index (κ1) is 16.0. The second-order valence-corrected chi connectivity index (χ2v) is 6.31. The van der Waals surface area contributed by atoms with Gasteiger partial charge in [-0.2, -0.15) is 0 Å². The molecule has 26 heavy (non-hydrogen) atoms. The lowest BCUT2D eigenvalue weighted by Crippen LogP contribution is -2.12. The Balaban J connectivity index is 1.62. The number of benzene rings is 3. The fourth-order valence-electron chi connectivity index (χ4n) is 2.81. The van der Waals surface area contributed by atoms with Crippen molar-refractivity contribution in [1.29, 1.82) is 0 Å². The first-order valence-corrected chi connectivity index (χ1v) is 8.35. The number of rotatable bonds is 3. The number of aromatic nitrogens is 2. The predicted octanol–water partition coefficient (Wildman–Crippen LogP) is 4.10. The number of nitrogens with one attached hydrogen (secondary N) is 1. The maximum Gasteiger partial charge on any atom is 0.255 e. The van der Waals surface area contributed by atoms with Crippen LogP contribution < -0.4 is 10.2 Å². The zero-order chi connectivity index (χ0) is 18.1. The molecule has 0 spiro atoms. The summed E-state index contributed by atoms with van der Waals surface area (Å²) in [6, 6.07) is 20.8. The molecular formula is C21H18N4O. The highest BCUT2D eigenvalue weighted by Gasteiger charge is 2.09. The SMILES string of the molecule is CN(C)c1ccc(NC(=O)c2ccc3nc4ccccc4nc3c2)cc1. The lowest BCUT2D eigenvalue weighted by atomic mass is 10.1. The molecule has 0 saturated carbocycles. The van der Waals surface area contributed by atoms with Crippen molar-refractivity contribution in [3.8, 4) is 0 Å². The van der Waals surface area contributed by atoms with Crippen LogP contribution in [0.5, 0.6) is 0 Å². The van der Waals surface area contributed by atoms with Crippen molar-refractivity contribution in [1.82, 2.24) is 9.97 Å². The predicted molar refractivity (Wildman–Crippen MR) is 106 cm³/mol. The topological polar surface area (TPSA) is 58.1 Å². The molecule has 1 amide bonds. The third kappa shape index (κ3) is 3.07. The van der Waals surface area contributed by atoms with Crippen molar-refractivity contribution < 1.29 is 4.79 Å². The van der Waals surface area contributed by atoms with Gasteiger partial charge in [0.25, 0.3) is 5.91 Å². The van der Waals surface area contributed by atoms with Gasteiger partial charge in [0.1, 0.15) is 0 Å². The van der Waals surface area contributed by atoms with E-state index in [9.17, 15) is 4.79 Å². The van der Waals surface area contributed by atoms with Gasteiger partial charge in [0, 0.05) is 31.0 Å². The van der Waals surface area contributed by atoms with Crippen LogP contribution in [-0.2, 0) is 0 Å². The van der Waals surface area contributed by atoms with Crippen LogP contribution in [0.25, 0.3) is 22.1 Å². The summed E-state index contributed by atoms with van der Waals surface area (Å²) in [6.07, 6.45) is 0. The van der Waals surface area contributed by atoms with E-state index < -0.39 is 0 Å². The van der Waals surface area contributed by atoms with E-state index in [0.717, 1.165) is 27.9 Å². The lowest BCUT2D eigenvalue weighted by molar-refractivity contribution is 0.102. The lowest BCUT2D eigenvalue weighted by Gasteiger charge is -2.13. The van der Waals surface area contributed by atoms with Gasteiger partial charge in [0.2, 0.25) is 0 Å². The molecule has 1 aromatic heterocycles. The minimum Gasteiger partial charge on any atom is -0.378 e. The smallest absolute Gasteiger partial charge is 0.255 e. The Hall–Kier alpha value is -3.47. The molecule has 0 aliphatic carbocycles. The maximum atomic E-state index is 12.6. The second-order valence-electron chi connectivity index (χ2n) is 6.31. The Morgan fingerprint density at radius 2 is 1.42 bits per heavy atom. The minimum atomic E-state index is -0.167. The van der Waals surface area contributed by atoms with E-state index in [4.69, 9.17) is 0 Å². The van der Waals surface area contributed by atoms with Gasteiger partial charge in [-0.1, -0.05) is 12.1 Å². The van der Waals surface area contributed by atoms with E-state index in [0.29, 0.717) is 11.1 Å². The average molecular weight is 342 g/mol. The first-order chi connectivity index (χ1) is 12.6. The Morgan fingerprint density at radius 3 is 2.08 bits per heavy atom. The zero-order valence-corrected chi connectivity index (χ0v) is 14.6. The summed E-state index contributed by atoms with van der Waals surface area (Å²) >= 11 is 0. The Kier molecular flexibility index (Phi) is 3.97. The summed E-state index contributed by atoms with van der Waals surface area (Å²) in [5.41, 5.74) is 5.53. The molecule has 0 atom stereocenters. The fraction of sp³-hybridized carbons (Fsp3) is 0.0952. The number of carbonyl (C=O) groups excluding carboxylic acids is 1. The number of nitrogens with zero attached hydrogens (tertiary/aromatic N) is 3. The van der Waals surface area contributed by atoms with Gasteiger partial charge in [0.05, 0.1) is 22.1 Å².